The van der Waals surface area contributed by atoms with E-state index in [-0.39, 0.29) is 4.59 Å². The lowest BCUT2D eigenvalue weighted by Crippen LogP contribution is -2.48. The van der Waals surface area contributed by atoms with Crippen LogP contribution in [0.4, 0.5) is 11.4 Å². The topological polar surface area (TPSA) is 38.4 Å². The molecule has 0 fully saturated rings. The molecule has 1 aliphatic rings. The highest BCUT2D eigenvalue weighted by atomic mass is 15.6. The first-order chi connectivity index (χ1) is 5.20. The molecule has 1 unspecified atom stereocenters. The average Bonchev–Trinajstić information content (AvgIpc) is 2.29. The van der Waals surface area contributed by atoms with E-state index in [2.05, 4.69) is 4.99 Å². The Labute approximate surface area is 65.3 Å². The molecule has 0 spiro atoms. The van der Waals surface area contributed by atoms with Gasteiger partial charge in [0, 0.05) is 6.07 Å². The quantitative estimate of drug-likeness (QED) is 0.435. The van der Waals surface area contributed by atoms with E-state index in [0.717, 1.165) is 11.4 Å². The van der Waals surface area contributed by atoms with Crippen molar-refractivity contribution < 1.29 is 0 Å². The van der Waals surface area contributed by atoms with Crippen molar-refractivity contribution in [1.82, 2.24) is 4.59 Å². The zero-order valence-corrected chi connectivity index (χ0v) is 6.36. The minimum atomic E-state index is 0.260. The van der Waals surface area contributed by atoms with Crippen LogP contribution in [0.3, 0.4) is 0 Å². The number of aliphatic imine (C=N–C) groups is 1. The number of nitrogens with zero attached hydrogens (tertiary/aromatic N) is 2. The molecule has 3 heteroatoms. The third kappa shape index (κ3) is 0.859. The highest BCUT2D eigenvalue weighted by molar-refractivity contribution is 5.87. The van der Waals surface area contributed by atoms with Gasteiger partial charge in [0.2, 0.25) is 6.34 Å². The number of hydrogen-bond acceptors (Lipinski definition) is 2. The third-order valence-corrected chi connectivity index (χ3v) is 1.84. The zero-order valence-electron chi connectivity index (χ0n) is 6.36. The Balaban J connectivity index is 2.64. The van der Waals surface area contributed by atoms with Gasteiger partial charge in [-0.05, 0) is 6.07 Å². The average molecular weight is 148 g/mol. The van der Waals surface area contributed by atoms with E-state index in [0.29, 0.717) is 0 Å². The van der Waals surface area contributed by atoms with Gasteiger partial charge in [0.05, 0.1) is 7.05 Å². The monoisotopic (exact) mass is 148 g/mol. The van der Waals surface area contributed by atoms with Crippen LogP contribution in [0, 0.1) is 0 Å². The lowest BCUT2D eigenvalue weighted by atomic mass is 10.2. The molecule has 1 aliphatic heterocycles. The van der Waals surface area contributed by atoms with Crippen LogP contribution in [-0.4, -0.2) is 13.4 Å². The summed E-state index contributed by atoms with van der Waals surface area (Å²) >= 11 is 0. The predicted octanol–water partition coefficient (Wildman–Crippen LogP) is 1.17. The number of fused-ring (bicyclic) bond motifs is 1. The maximum absolute atomic E-state index is 5.88. The lowest BCUT2D eigenvalue weighted by molar-refractivity contribution is 0.545. The van der Waals surface area contributed by atoms with Gasteiger partial charge in [-0.3, -0.25) is 0 Å². The third-order valence-electron chi connectivity index (χ3n) is 1.84. The molecule has 1 heterocycles. The molecule has 11 heavy (non-hydrogen) atoms. The van der Waals surface area contributed by atoms with Gasteiger partial charge in [-0.1, -0.05) is 12.1 Å². The molecule has 1 aromatic rings. The fraction of sp³-hybridized carbons (Fsp3) is 0.125. The number of hydrogen-bond donors (Lipinski definition) is 1. The molecule has 0 aromatic heterocycles. The van der Waals surface area contributed by atoms with E-state index in [9.17, 15) is 0 Å². The fourth-order valence-corrected chi connectivity index (χ4v) is 1.23. The summed E-state index contributed by atoms with van der Waals surface area (Å²) < 4.78 is 0.260. The maximum atomic E-state index is 5.88. The molecule has 56 valence electrons. The van der Waals surface area contributed by atoms with Crippen molar-refractivity contribution in [3.05, 3.63) is 24.3 Å². The standard InChI is InChI=1S/C8H10N3/c1-11(9)6-10-7-4-2-3-5-8(7)11/h2-6H,9H2,1H3/q+1. The molecule has 0 aliphatic carbocycles. The van der Waals surface area contributed by atoms with Gasteiger partial charge < -0.3 is 0 Å². The molecule has 2 rings (SSSR count). The van der Waals surface area contributed by atoms with Crippen LogP contribution in [0.5, 0.6) is 0 Å². The summed E-state index contributed by atoms with van der Waals surface area (Å²) in [5.74, 6) is 5.88. The van der Waals surface area contributed by atoms with E-state index >= 15 is 0 Å². The molecule has 3 nitrogen and oxygen atoms in total. The number of benzene rings is 1. The highest BCUT2D eigenvalue weighted by Gasteiger charge is 2.27. The Morgan fingerprint density at radius 2 is 2.09 bits per heavy atom. The van der Waals surface area contributed by atoms with Crippen molar-refractivity contribution in [2.45, 2.75) is 0 Å². The van der Waals surface area contributed by atoms with Crippen LogP contribution in [0.1, 0.15) is 0 Å². The fourth-order valence-electron chi connectivity index (χ4n) is 1.23. The first-order valence-electron chi connectivity index (χ1n) is 3.50. The largest absolute Gasteiger partial charge is 0.215 e. The van der Waals surface area contributed by atoms with Crippen molar-refractivity contribution in [2.24, 2.45) is 10.8 Å². The summed E-state index contributed by atoms with van der Waals surface area (Å²) in [5.41, 5.74) is 2.02. The van der Waals surface area contributed by atoms with Gasteiger partial charge in [0.1, 0.15) is 5.69 Å². The molecule has 0 saturated carbocycles. The van der Waals surface area contributed by atoms with Gasteiger partial charge in [-0.15, -0.1) is 0 Å². The van der Waals surface area contributed by atoms with Crippen LogP contribution >= 0.6 is 0 Å². The molecule has 1 atom stereocenters. The number of para-hydroxylation sites is 2. The molecule has 0 radical (unpaired) electrons. The van der Waals surface area contributed by atoms with Gasteiger partial charge in [-0.25, -0.2) is 0 Å². The van der Waals surface area contributed by atoms with Crippen LogP contribution in [-0.2, 0) is 0 Å². The summed E-state index contributed by atoms with van der Waals surface area (Å²) in [6.45, 7) is 0. The second-order valence-corrected chi connectivity index (χ2v) is 2.88. The van der Waals surface area contributed by atoms with E-state index < -0.39 is 0 Å². The molecule has 1 aromatic carbocycles. The Morgan fingerprint density at radius 1 is 1.36 bits per heavy atom. The molecule has 0 amide bonds. The second kappa shape index (κ2) is 1.90. The highest BCUT2D eigenvalue weighted by Crippen LogP contribution is 2.33. The van der Waals surface area contributed by atoms with E-state index in [4.69, 9.17) is 5.84 Å². The molecule has 0 saturated heterocycles. The Bertz CT molecular complexity index is 315. The zero-order chi connectivity index (χ0) is 7.90. The number of quaternary nitrogens is 1. The summed E-state index contributed by atoms with van der Waals surface area (Å²) in [5, 5.41) is 0. The summed E-state index contributed by atoms with van der Waals surface area (Å²) in [6, 6.07) is 7.88. The van der Waals surface area contributed by atoms with Crippen molar-refractivity contribution in [3.8, 4) is 0 Å². The van der Waals surface area contributed by atoms with E-state index in [1.165, 1.54) is 0 Å². The summed E-state index contributed by atoms with van der Waals surface area (Å²) in [7, 11) is 1.90. The van der Waals surface area contributed by atoms with Gasteiger partial charge in [0.25, 0.3) is 0 Å². The van der Waals surface area contributed by atoms with Crippen LogP contribution in [0.25, 0.3) is 0 Å². The van der Waals surface area contributed by atoms with Crippen molar-refractivity contribution in [3.63, 3.8) is 0 Å². The first kappa shape index (κ1) is 6.52. The van der Waals surface area contributed by atoms with Crippen LogP contribution in [0.2, 0.25) is 0 Å². The van der Waals surface area contributed by atoms with E-state index in [1.54, 1.807) is 6.34 Å². The van der Waals surface area contributed by atoms with Crippen molar-refractivity contribution >= 4 is 17.7 Å². The van der Waals surface area contributed by atoms with Crippen molar-refractivity contribution in [2.75, 3.05) is 7.05 Å². The Morgan fingerprint density at radius 3 is 2.82 bits per heavy atom. The summed E-state index contributed by atoms with van der Waals surface area (Å²) in [4.78, 5) is 4.17. The minimum Gasteiger partial charge on any atom is -0.195 e. The summed E-state index contributed by atoms with van der Waals surface area (Å²) in [6.07, 6.45) is 1.73. The molecule has 0 bridgehead atoms. The lowest BCUT2D eigenvalue weighted by Gasteiger charge is -2.16. The predicted molar refractivity (Wildman–Crippen MR) is 46.5 cm³/mol. The number of rotatable bonds is 0. The first-order valence-corrected chi connectivity index (χ1v) is 3.50. The van der Waals surface area contributed by atoms with Crippen LogP contribution in [0.15, 0.2) is 29.3 Å². The smallest absolute Gasteiger partial charge is 0.195 e. The molecule has 2 N–H and O–H groups in total. The molecular formula is C8H10N3+. The Kier molecular flexibility index (Phi) is 1.13. The van der Waals surface area contributed by atoms with Crippen molar-refractivity contribution in [1.29, 1.82) is 0 Å². The SMILES string of the molecule is C[N+]1(N)C=Nc2ccccc21. The van der Waals surface area contributed by atoms with Gasteiger partial charge >= 0.3 is 0 Å². The minimum absolute atomic E-state index is 0.260. The normalized spacial score (nSPS) is 27.1. The van der Waals surface area contributed by atoms with E-state index in [1.807, 2.05) is 31.3 Å². The number of nitrogens with two attached hydrogens (primary N) is 1. The molecular weight excluding hydrogens is 138 g/mol. The van der Waals surface area contributed by atoms with Gasteiger partial charge in [-0.2, -0.15) is 15.4 Å². The maximum Gasteiger partial charge on any atom is 0.215 e. The second-order valence-electron chi connectivity index (χ2n) is 2.88. The van der Waals surface area contributed by atoms with Crippen LogP contribution < -0.4 is 10.4 Å². The Hall–Kier alpha value is -1.19. The van der Waals surface area contributed by atoms with Gasteiger partial charge in [0.15, 0.2) is 5.69 Å².